The highest BCUT2D eigenvalue weighted by Gasteiger charge is 2.14. The zero-order valence-electron chi connectivity index (χ0n) is 15.8. The lowest BCUT2D eigenvalue weighted by molar-refractivity contribution is -0.124. The second-order valence-electron chi connectivity index (χ2n) is 5.56. The van der Waals surface area contributed by atoms with Crippen LogP contribution in [0.1, 0.15) is 21.5 Å². The maximum Gasteiger partial charge on any atom is 0.338 e. The van der Waals surface area contributed by atoms with Gasteiger partial charge in [-0.3, -0.25) is 4.79 Å². The van der Waals surface area contributed by atoms with Crippen LogP contribution in [0.5, 0.6) is 17.2 Å². The van der Waals surface area contributed by atoms with E-state index in [1.165, 1.54) is 45.6 Å². The molecule has 2 aromatic carbocycles. The maximum atomic E-state index is 12.0. The Hall–Kier alpha value is -3.73. The van der Waals surface area contributed by atoms with Gasteiger partial charge in [0.15, 0.2) is 18.1 Å². The fraction of sp³-hybridized carbons (Fsp3) is 0.250. The van der Waals surface area contributed by atoms with Crippen molar-refractivity contribution in [3.8, 4) is 23.3 Å². The van der Waals surface area contributed by atoms with Gasteiger partial charge in [0, 0.05) is 18.2 Å². The molecule has 0 aliphatic heterocycles. The Morgan fingerprint density at radius 2 is 1.57 bits per heavy atom. The summed E-state index contributed by atoms with van der Waals surface area (Å²) in [5, 5.41) is 11.4. The molecule has 0 heterocycles. The lowest BCUT2D eigenvalue weighted by Crippen LogP contribution is -2.28. The molecule has 28 heavy (non-hydrogen) atoms. The third kappa shape index (κ3) is 5.14. The van der Waals surface area contributed by atoms with Gasteiger partial charge in [0.1, 0.15) is 5.75 Å². The number of esters is 1. The van der Waals surface area contributed by atoms with E-state index in [1.807, 2.05) is 6.07 Å². The van der Waals surface area contributed by atoms with Crippen molar-refractivity contribution < 1.29 is 28.5 Å². The summed E-state index contributed by atoms with van der Waals surface area (Å²) in [6.45, 7) is -0.286. The van der Waals surface area contributed by atoms with Crippen LogP contribution in [0.2, 0.25) is 0 Å². The van der Waals surface area contributed by atoms with E-state index < -0.39 is 18.5 Å². The highest BCUT2D eigenvalue weighted by atomic mass is 16.5. The van der Waals surface area contributed by atoms with E-state index >= 15 is 0 Å². The summed E-state index contributed by atoms with van der Waals surface area (Å²) in [6.07, 6.45) is 0. The number of nitrogens with zero attached hydrogens (tertiary/aromatic N) is 1. The van der Waals surface area contributed by atoms with Crippen LogP contribution >= 0.6 is 0 Å². The maximum absolute atomic E-state index is 12.0. The number of hydrogen-bond acceptors (Lipinski definition) is 7. The summed E-state index contributed by atoms with van der Waals surface area (Å²) in [5.74, 6) is 0.403. The van der Waals surface area contributed by atoms with Crippen molar-refractivity contribution in [2.45, 2.75) is 6.54 Å². The molecule has 0 aliphatic carbocycles. The van der Waals surface area contributed by atoms with Gasteiger partial charge in [0.05, 0.1) is 38.5 Å². The minimum atomic E-state index is -0.650. The predicted octanol–water partition coefficient (Wildman–Crippen LogP) is 2.06. The SMILES string of the molecule is COc1cc(OC)c(OC)cc1CNC(=O)COC(=O)c1ccc(C#N)cc1. The molecule has 0 fully saturated rings. The Labute approximate surface area is 162 Å². The normalized spacial score (nSPS) is 9.79. The van der Waals surface area contributed by atoms with Crippen LogP contribution in [0, 0.1) is 11.3 Å². The lowest BCUT2D eigenvalue weighted by atomic mass is 10.1. The summed E-state index contributed by atoms with van der Waals surface area (Å²) in [4.78, 5) is 23.9. The van der Waals surface area contributed by atoms with Crippen molar-refractivity contribution in [2.75, 3.05) is 27.9 Å². The van der Waals surface area contributed by atoms with Gasteiger partial charge < -0.3 is 24.3 Å². The van der Waals surface area contributed by atoms with Gasteiger partial charge in [0.2, 0.25) is 0 Å². The predicted molar refractivity (Wildman–Crippen MR) is 99.4 cm³/mol. The van der Waals surface area contributed by atoms with Gasteiger partial charge in [-0.05, 0) is 30.3 Å². The number of ether oxygens (including phenoxy) is 4. The van der Waals surface area contributed by atoms with E-state index in [4.69, 9.17) is 24.2 Å². The molecule has 8 nitrogen and oxygen atoms in total. The Bertz CT molecular complexity index is 887. The number of carbonyl (C=O) groups is 2. The summed E-state index contributed by atoms with van der Waals surface area (Å²) in [5.41, 5.74) is 1.36. The fourth-order valence-electron chi connectivity index (χ4n) is 2.37. The number of amides is 1. The molecule has 0 bridgehead atoms. The Morgan fingerprint density at radius 1 is 0.964 bits per heavy atom. The Kier molecular flexibility index (Phi) is 7.22. The third-order valence-corrected chi connectivity index (χ3v) is 3.85. The van der Waals surface area contributed by atoms with Gasteiger partial charge in [-0.1, -0.05) is 0 Å². The molecule has 0 spiro atoms. The number of benzene rings is 2. The number of carbonyl (C=O) groups excluding carboxylic acids is 2. The van der Waals surface area contributed by atoms with Crippen LogP contribution in [-0.4, -0.2) is 39.8 Å². The van der Waals surface area contributed by atoms with Gasteiger partial charge in [-0.15, -0.1) is 0 Å². The van der Waals surface area contributed by atoms with Crippen molar-refractivity contribution >= 4 is 11.9 Å². The monoisotopic (exact) mass is 384 g/mol. The molecular formula is C20H20N2O6. The first kappa shape index (κ1) is 20.6. The van der Waals surface area contributed by atoms with Gasteiger partial charge >= 0.3 is 5.97 Å². The second kappa shape index (κ2) is 9.83. The Morgan fingerprint density at radius 3 is 2.14 bits per heavy atom. The molecule has 0 radical (unpaired) electrons. The van der Waals surface area contributed by atoms with Crippen LogP contribution in [0.4, 0.5) is 0 Å². The Balaban J connectivity index is 1.93. The number of rotatable bonds is 8. The largest absolute Gasteiger partial charge is 0.496 e. The van der Waals surface area contributed by atoms with Crippen molar-refractivity contribution in [3.63, 3.8) is 0 Å². The van der Waals surface area contributed by atoms with E-state index in [-0.39, 0.29) is 12.1 Å². The first-order chi connectivity index (χ1) is 13.5. The molecule has 0 aliphatic rings. The van der Waals surface area contributed by atoms with Crippen LogP contribution in [-0.2, 0) is 16.1 Å². The van der Waals surface area contributed by atoms with E-state index in [1.54, 1.807) is 12.1 Å². The van der Waals surface area contributed by atoms with Crippen molar-refractivity contribution in [3.05, 3.63) is 53.1 Å². The highest BCUT2D eigenvalue weighted by Crippen LogP contribution is 2.34. The van der Waals surface area contributed by atoms with Crippen LogP contribution in [0.25, 0.3) is 0 Å². The molecule has 0 saturated heterocycles. The van der Waals surface area contributed by atoms with Crippen LogP contribution in [0.3, 0.4) is 0 Å². The molecular weight excluding hydrogens is 364 g/mol. The molecule has 1 amide bonds. The minimum Gasteiger partial charge on any atom is -0.496 e. The van der Waals surface area contributed by atoms with Crippen LogP contribution in [0.15, 0.2) is 36.4 Å². The van der Waals surface area contributed by atoms with Crippen molar-refractivity contribution in [1.29, 1.82) is 5.26 Å². The molecule has 0 unspecified atom stereocenters. The second-order valence-corrected chi connectivity index (χ2v) is 5.56. The van der Waals surface area contributed by atoms with Gasteiger partial charge in [-0.2, -0.15) is 5.26 Å². The molecule has 0 aromatic heterocycles. The van der Waals surface area contributed by atoms with E-state index in [0.717, 1.165) is 0 Å². The standard InChI is InChI=1S/C20H20N2O6/c1-25-16-9-18(27-3)17(26-2)8-15(16)11-22-19(23)12-28-20(24)14-6-4-13(10-21)5-7-14/h4-9H,11-12H2,1-3H3,(H,22,23). The smallest absolute Gasteiger partial charge is 0.338 e. The van der Waals surface area contributed by atoms with E-state index in [0.29, 0.717) is 28.4 Å². The van der Waals surface area contributed by atoms with E-state index in [9.17, 15) is 9.59 Å². The number of nitrogens with one attached hydrogen (secondary N) is 1. The first-order valence-corrected chi connectivity index (χ1v) is 8.25. The first-order valence-electron chi connectivity index (χ1n) is 8.25. The number of nitriles is 1. The average Bonchev–Trinajstić information content (AvgIpc) is 2.75. The highest BCUT2D eigenvalue weighted by molar-refractivity contribution is 5.91. The topological polar surface area (TPSA) is 107 Å². The number of methoxy groups -OCH3 is 3. The van der Waals surface area contributed by atoms with E-state index in [2.05, 4.69) is 5.32 Å². The molecule has 146 valence electrons. The zero-order valence-corrected chi connectivity index (χ0v) is 15.8. The minimum absolute atomic E-state index is 0.150. The molecule has 2 aromatic rings. The number of hydrogen-bond donors (Lipinski definition) is 1. The summed E-state index contributed by atoms with van der Waals surface area (Å²) in [6, 6.07) is 11.2. The quantitative estimate of drug-likeness (QED) is 0.694. The summed E-state index contributed by atoms with van der Waals surface area (Å²) in [7, 11) is 4.53. The average molecular weight is 384 g/mol. The van der Waals surface area contributed by atoms with Crippen molar-refractivity contribution in [1.82, 2.24) is 5.32 Å². The van der Waals surface area contributed by atoms with Crippen molar-refractivity contribution in [2.24, 2.45) is 0 Å². The molecule has 1 N–H and O–H groups in total. The molecule has 0 atom stereocenters. The molecule has 0 saturated carbocycles. The van der Waals surface area contributed by atoms with Crippen LogP contribution < -0.4 is 19.5 Å². The van der Waals surface area contributed by atoms with Gasteiger partial charge in [0.25, 0.3) is 5.91 Å². The fourth-order valence-corrected chi connectivity index (χ4v) is 2.37. The summed E-state index contributed by atoms with van der Waals surface area (Å²) >= 11 is 0. The summed E-state index contributed by atoms with van der Waals surface area (Å²) < 4.78 is 20.7. The third-order valence-electron chi connectivity index (χ3n) is 3.85. The molecule has 2 rings (SSSR count). The van der Waals surface area contributed by atoms with Gasteiger partial charge in [-0.25, -0.2) is 4.79 Å². The molecule has 8 heteroatoms. The zero-order chi connectivity index (χ0) is 20.5. The lowest BCUT2D eigenvalue weighted by Gasteiger charge is -2.14.